The van der Waals surface area contributed by atoms with Gasteiger partial charge in [-0.05, 0) is 23.6 Å². The largest absolute Gasteiger partial charge is 0.224 e. The first kappa shape index (κ1) is 14.2. The van der Waals surface area contributed by atoms with Gasteiger partial charge in [0, 0.05) is 6.26 Å². The highest BCUT2D eigenvalue weighted by Gasteiger charge is 2.08. The Morgan fingerprint density at radius 3 is 2.07 bits per heavy atom. The van der Waals surface area contributed by atoms with Gasteiger partial charge in [-0.2, -0.15) is 0 Å². The molecule has 1 rings (SSSR count). The SMILES string of the molecule is CC.CC(C)c1cccc(S(C)(=O)=O)c1. The summed E-state index contributed by atoms with van der Waals surface area (Å²) in [5.41, 5.74) is 1.06. The third kappa shape index (κ3) is 4.47. The molecule has 0 amide bonds. The zero-order valence-corrected chi connectivity index (χ0v) is 10.9. The predicted octanol–water partition coefficient (Wildman–Crippen LogP) is 3.24. The fourth-order valence-electron chi connectivity index (χ4n) is 1.10. The van der Waals surface area contributed by atoms with Crippen molar-refractivity contribution in [3.8, 4) is 0 Å². The number of hydrogen-bond donors (Lipinski definition) is 0. The molecule has 0 saturated carbocycles. The third-order valence-corrected chi connectivity index (χ3v) is 3.06. The van der Waals surface area contributed by atoms with Crippen molar-refractivity contribution in [3.63, 3.8) is 0 Å². The third-order valence-electron chi connectivity index (χ3n) is 1.95. The molecule has 0 fully saturated rings. The topological polar surface area (TPSA) is 34.1 Å². The highest BCUT2D eigenvalue weighted by Crippen LogP contribution is 2.18. The smallest absolute Gasteiger partial charge is 0.175 e. The van der Waals surface area contributed by atoms with Crippen LogP contribution in [0.4, 0.5) is 0 Å². The van der Waals surface area contributed by atoms with Gasteiger partial charge in [-0.25, -0.2) is 8.42 Å². The number of hydrogen-bond acceptors (Lipinski definition) is 2. The molecule has 0 atom stereocenters. The van der Waals surface area contributed by atoms with Gasteiger partial charge in [0.1, 0.15) is 0 Å². The summed E-state index contributed by atoms with van der Waals surface area (Å²) in [6, 6.07) is 7.09. The predicted molar refractivity (Wildman–Crippen MR) is 65.0 cm³/mol. The van der Waals surface area contributed by atoms with Crippen molar-refractivity contribution in [3.05, 3.63) is 29.8 Å². The molecule has 0 bridgehead atoms. The second-order valence-corrected chi connectivity index (χ2v) is 5.52. The van der Waals surface area contributed by atoms with E-state index in [1.165, 1.54) is 6.26 Å². The summed E-state index contributed by atoms with van der Waals surface area (Å²) in [5.74, 6) is 0.363. The first-order chi connectivity index (χ1) is 6.91. The molecule has 0 aliphatic heterocycles. The fourth-order valence-corrected chi connectivity index (χ4v) is 1.78. The van der Waals surface area contributed by atoms with Crippen molar-refractivity contribution >= 4 is 9.84 Å². The van der Waals surface area contributed by atoms with Gasteiger partial charge in [0.05, 0.1) is 4.90 Å². The minimum atomic E-state index is -3.06. The molecule has 0 aliphatic rings. The van der Waals surface area contributed by atoms with Gasteiger partial charge in [-0.3, -0.25) is 0 Å². The van der Waals surface area contributed by atoms with Crippen LogP contribution in [0.15, 0.2) is 29.2 Å². The Bertz CT molecular complexity index is 392. The van der Waals surface area contributed by atoms with E-state index in [0.717, 1.165) is 5.56 Å². The van der Waals surface area contributed by atoms with Gasteiger partial charge in [-0.15, -0.1) is 0 Å². The van der Waals surface area contributed by atoms with E-state index in [2.05, 4.69) is 0 Å². The summed E-state index contributed by atoms with van der Waals surface area (Å²) in [6.07, 6.45) is 1.23. The van der Waals surface area contributed by atoms with E-state index in [1.807, 2.05) is 33.8 Å². The maximum Gasteiger partial charge on any atom is 0.175 e. The average Bonchev–Trinajstić information content (AvgIpc) is 2.20. The van der Waals surface area contributed by atoms with E-state index < -0.39 is 9.84 Å². The van der Waals surface area contributed by atoms with Crippen molar-refractivity contribution in [2.24, 2.45) is 0 Å². The summed E-state index contributed by atoms with van der Waals surface area (Å²) in [5, 5.41) is 0. The van der Waals surface area contributed by atoms with E-state index in [1.54, 1.807) is 18.2 Å². The fraction of sp³-hybridized carbons (Fsp3) is 0.500. The summed E-state index contributed by atoms with van der Waals surface area (Å²) in [7, 11) is -3.06. The molecule has 3 heteroatoms. The van der Waals surface area contributed by atoms with Crippen molar-refractivity contribution < 1.29 is 8.42 Å². The molecule has 86 valence electrons. The van der Waals surface area contributed by atoms with Crippen LogP contribution in [-0.4, -0.2) is 14.7 Å². The summed E-state index contributed by atoms with van der Waals surface area (Å²) in [6.45, 7) is 8.09. The Balaban J connectivity index is 0.000000921. The van der Waals surface area contributed by atoms with Crippen LogP contribution < -0.4 is 0 Å². The minimum Gasteiger partial charge on any atom is -0.224 e. The van der Waals surface area contributed by atoms with Crippen LogP contribution in [0.1, 0.15) is 39.2 Å². The van der Waals surface area contributed by atoms with Gasteiger partial charge in [0.15, 0.2) is 9.84 Å². The van der Waals surface area contributed by atoms with Crippen molar-refractivity contribution in [2.75, 3.05) is 6.26 Å². The number of sulfone groups is 1. The molecule has 2 nitrogen and oxygen atoms in total. The molecule has 0 aliphatic carbocycles. The number of rotatable bonds is 2. The summed E-state index contributed by atoms with van der Waals surface area (Å²) in [4.78, 5) is 0.402. The first-order valence-corrected chi connectivity index (χ1v) is 7.10. The zero-order valence-electron chi connectivity index (χ0n) is 10.1. The van der Waals surface area contributed by atoms with Crippen LogP contribution >= 0.6 is 0 Å². The van der Waals surface area contributed by atoms with E-state index in [0.29, 0.717) is 10.8 Å². The molecule has 0 radical (unpaired) electrons. The Hall–Kier alpha value is -0.830. The Morgan fingerprint density at radius 2 is 1.67 bits per heavy atom. The maximum absolute atomic E-state index is 11.2. The van der Waals surface area contributed by atoms with Gasteiger partial charge < -0.3 is 0 Å². The van der Waals surface area contributed by atoms with Gasteiger partial charge in [0.25, 0.3) is 0 Å². The first-order valence-electron chi connectivity index (χ1n) is 5.21. The van der Waals surface area contributed by atoms with E-state index in [9.17, 15) is 8.42 Å². The van der Waals surface area contributed by atoms with E-state index >= 15 is 0 Å². The molecule has 0 saturated heterocycles. The highest BCUT2D eigenvalue weighted by atomic mass is 32.2. The molecular formula is C12H20O2S. The lowest BCUT2D eigenvalue weighted by Crippen LogP contribution is -1.98. The molecule has 0 unspecified atom stereocenters. The summed E-state index contributed by atoms with van der Waals surface area (Å²) >= 11 is 0. The van der Waals surface area contributed by atoms with E-state index in [-0.39, 0.29) is 0 Å². The molecule has 1 aromatic rings. The lowest BCUT2D eigenvalue weighted by molar-refractivity contribution is 0.601. The van der Waals surface area contributed by atoms with Crippen molar-refractivity contribution in [2.45, 2.75) is 38.5 Å². The quantitative estimate of drug-likeness (QED) is 0.778. The van der Waals surface area contributed by atoms with Gasteiger partial charge >= 0.3 is 0 Å². The number of benzene rings is 1. The van der Waals surface area contributed by atoms with E-state index in [4.69, 9.17) is 0 Å². The summed E-state index contributed by atoms with van der Waals surface area (Å²) < 4.78 is 22.4. The second-order valence-electron chi connectivity index (χ2n) is 3.50. The van der Waals surface area contributed by atoms with Crippen molar-refractivity contribution in [1.82, 2.24) is 0 Å². The molecule has 0 N–H and O–H groups in total. The second kappa shape index (κ2) is 5.91. The van der Waals surface area contributed by atoms with Crippen molar-refractivity contribution in [1.29, 1.82) is 0 Å². The van der Waals surface area contributed by atoms with Crippen LogP contribution in [0.25, 0.3) is 0 Å². The van der Waals surface area contributed by atoms with Gasteiger partial charge in [-0.1, -0.05) is 39.8 Å². The molecule has 15 heavy (non-hydrogen) atoms. The maximum atomic E-state index is 11.2. The molecule has 0 heterocycles. The van der Waals surface area contributed by atoms with Crippen LogP contribution in [-0.2, 0) is 9.84 Å². The Labute approximate surface area is 93.3 Å². The lowest BCUT2D eigenvalue weighted by Gasteiger charge is -2.06. The van der Waals surface area contributed by atoms with Crippen LogP contribution in [0.3, 0.4) is 0 Å². The lowest BCUT2D eigenvalue weighted by atomic mass is 10.0. The standard InChI is InChI=1S/C10H14O2S.C2H6/c1-8(2)9-5-4-6-10(7-9)13(3,11)12;1-2/h4-8H,1-3H3;1-2H3. The molecule has 0 aromatic heterocycles. The van der Waals surface area contributed by atoms with Gasteiger partial charge in [0.2, 0.25) is 0 Å². The van der Waals surface area contributed by atoms with Crippen LogP contribution in [0, 0.1) is 0 Å². The molecule has 0 spiro atoms. The minimum absolute atomic E-state index is 0.363. The molecule has 1 aromatic carbocycles. The Morgan fingerprint density at radius 1 is 1.13 bits per heavy atom. The van der Waals surface area contributed by atoms with Crippen LogP contribution in [0.2, 0.25) is 0 Å². The highest BCUT2D eigenvalue weighted by molar-refractivity contribution is 7.90. The monoisotopic (exact) mass is 228 g/mol. The van der Waals surface area contributed by atoms with Crippen LogP contribution in [0.5, 0.6) is 0 Å². The normalized spacial score (nSPS) is 10.8. The average molecular weight is 228 g/mol. The molecular weight excluding hydrogens is 208 g/mol. The zero-order chi connectivity index (χ0) is 12.1. The Kier molecular flexibility index (Phi) is 5.58.